The molecule has 0 saturated heterocycles. The van der Waals surface area contributed by atoms with Crippen molar-refractivity contribution in [3.63, 3.8) is 0 Å². The molecule has 10 heteroatoms. The number of nitro groups is 1. The van der Waals surface area contributed by atoms with Gasteiger partial charge in [0.05, 0.1) is 16.3 Å². The molecule has 2 aromatic rings. The second-order valence-electron chi connectivity index (χ2n) is 3.79. The summed E-state index contributed by atoms with van der Waals surface area (Å²) in [7, 11) is 1.64. The van der Waals surface area contributed by atoms with Gasteiger partial charge in [0.2, 0.25) is 5.82 Å². The molecule has 0 unspecified atom stereocenters. The first-order chi connectivity index (χ1) is 10.2. The smallest absolute Gasteiger partial charge is 0.271 e. The maximum Gasteiger partial charge on any atom is 0.271 e. The van der Waals surface area contributed by atoms with Gasteiger partial charge in [0.25, 0.3) is 5.69 Å². The molecule has 0 aliphatic carbocycles. The van der Waals surface area contributed by atoms with Crippen LogP contribution in [0.15, 0.2) is 24.4 Å². The largest absolute Gasteiger partial charge is 0.386 e. The van der Waals surface area contributed by atoms with Gasteiger partial charge in [0.15, 0.2) is 0 Å². The van der Waals surface area contributed by atoms with Crippen molar-refractivity contribution in [1.29, 1.82) is 5.26 Å². The van der Waals surface area contributed by atoms with Crippen LogP contribution in [0.4, 0.5) is 17.1 Å². The molecule has 21 heavy (non-hydrogen) atoms. The highest BCUT2D eigenvalue weighted by Gasteiger charge is 2.10. The standard InChI is InChI=1S/C11H10N8O2/c1-13-10-4-8(19(20)21)2-3-9(10)14-6-7(5-12)11-15-17-18-16-11/h2-4,6,13-14H,1H3,(H,15,16,17,18). The van der Waals surface area contributed by atoms with E-state index in [1.165, 1.54) is 24.4 Å². The molecule has 106 valence electrons. The molecule has 0 bridgehead atoms. The number of allylic oxidation sites excluding steroid dienone is 1. The van der Waals surface area contributed by atoms with Gasteiger partial charge < -0.3 is 10.6 Å². The zero-order chi connectivity index (χ0) is 15.2. The van der Waals surface area contributed by atoms with Crippen molar-refractivity contribution in [2.24, 2.45) is 0 Å². The third kappa shape index (κ3) is 3.10. The van der Waals surface area contributed by atoms with Crippen LogP contribution in [0.25, 0.3) is 5.57 Å². The van der Waals surface area contributed by atoms with Crippen LogP contribution in [0.2, 0.25) is 0 Å². The fraction of sp³-hybridized carbons (Fsp3) is 0.0909. The first kappa shape index (κ1) is 13.9. The van der Waals surface area contributed by atoms with Gasteiger partial charge in [-0.05, 0) is 11.3 Å². The molecule has 3 N–H and O–H groups in total. The van der Waals surface area contributed by atoms with Crippen molar-refractivity contribution < 1.29 is 4.92 Å². The van der Waals surface area contributed by atoms with Gasteiger partial charge in [0, 0.05) is 25.4 Å². The van der Waals surface area contributed by atoms with Crippen LogP contribution >= 0.6 is 0 Å². The maximum atomic E-state index is 10.7. The Kier molecular flexibility index (Phi) is 4.06. The lowest BCUT2D eigenvalue weighted by molar-refractivity contribution is -0.384. The zero-order valence-corrected chi connectivity index (χ0v) is 10.9. The molecule has 0 amide bonds. The normalized spacial score (nSPS) is 10.8. The second kappa shape index (κ2) is 6.11. The van der Waals surface area contributed by atoms with E-state index >= 15 is 0 Å². The first-order valence-corrected chi connectivity index (χ1v) is 5.72. The third-order valence-electron chi connectivity index (χ3n) is 2.56. The average molecular weight is 286 g/mol. The van der Waals surface area contributed by atoms with E-state index in [-0.39, 0.29) is 17.1 Å². The summed E-state index contributed by atoms with van der Waals surface area (Å²) in [6.07, 6.45) is 1.40. The number of nitriles is 1. The molecule has 10 nitrogen and oxygen atoms in total. The van der Waals surface area contributed by atoms with Crippen LogP contribution in [-0.4, -0.2) is 32.6 Å². The van der Waals surface area contributed by atoms with Gasteiger partial charge in [-0.25, -0.2) is 0 Å². The van der Waals surface area contributed by atoms with Crippen LogP contribution in [0, 0.1) is 21.4 Å². The van der Waals surface area contributed by atoms with Crippen molar-refractivity contribution in [3.05, 3.63) is 40.3 Å². The SMILES string of the molecule is CNc1cc([N+](=O)[O-])ccc1NC=C(C#N)c1nn[nH]n1. The Hall–Kier alpha value is -3.48. The number of tetrazole rings is 1. The van der Waals surface area contributed by atoms with E-state index in [1.54, 1.807) is 7.05 Å². The molecule has 0 radical (unpaired) electrons. The molecule has 0 aliphatic heterocycles. The number of rotatable bonds is 5. The van der Waals surface area contributed by atoms with Crippen LogP contribution in [-0.2, 0) is 0 Å². The van der Waals surface area contributed by atoms with E-state index in [9.17, 15) is 10.1 Å². The molecule has 1 aromatic heterocycles. The average Bonchev–Trinajstić information content (AvgIpc) is 3.02. The number of H-pyrrole nitrogens is 1. The minimum Gasteiger partial charge on any atom is -0.386 e. The summed E-state index contributed by atoms with van der Waals surface area (Å²) in [6.45, 7) is 0. The number of nitrogens with one attached hydrogen (secondary N) is 3. The Balaban J connectivity index is 2.27. The molecule has 2 rings (SSSR count). The first-order valence-electron chi connectivity index (χ1n) is 5.72. The highest BCUT2D eigenvalue weighted by Crippen LogP contribution is 2.27. The van der Waals surface area contributed by atoms with E-state index in [0.717, 1.165) is 0 Å². The van der Waals surface area contributed by atoms with Gasteiger partial charge in [-0.3, -0.25) is 10.1 Å². The van der Waals surface area contributed by atoms with Crippen LogP contribution < -0.4 is 10.6 Å². The lowest BCUT2D eigenvalue weighted by atomic mass is 10.2. The molecule has 0 saturated carbocycles. The van der Waals surface area contributed by atoms with Gasteiger partial charge in [-0.1, -0.05) is 0 Å². The topological polar surface area (TPSA) is 145 Å². The van der Waals surface area contributed by atoms with E-state index in [4.69, 9.17) is 5.26 Å². The number of aromatic amines is 1. The van der Waals surface area contributed by atoms with E-state index in [1.807, 2.05) is 6.07 Å². The molecule has 0 spiro atoms. The summed E-state index contributed by atoms with van der Waals surface area (Å²) in [5, 5.41) is 38.5. The summed E-state index contributed by atoms with van der Waals surface area (Å²) in [5.41, 5.74) is 1.22. The summed E-state index contributed by atoms with van der Waals surface area (Å²) in [6, 6.07) is 6.20. The Morgan fingerprint density at radius 2 is 2.33 bits per heavy atom. The number of hydrogen-bond donors (Lipinski definition) is 3. The molecule has 0 fully saturated rings. The molecule has 0 atom stereocenters. The number of benzene rings is 1. The summed E-state index contributed by atoms with van der Waals surface area (Å²) >= 11 is 0. The highest BCUT2D eigenvalue weighted by molar-refractivity contribution is 5.78. The van der Waals surface area contributed by atoms with Crippen molar-refractivity contribution in [2.75, 3.05) is 17.7 Å². The number of nitrogens with zero attached hydrogens (tertiary/aromatic N) is 5. The van der Waals surface area contributed by atoms with Gasteiger partial charge in [-0.2, -0.15) is 10.5 Å². The number of hydrogen-bond acceptors (Lipinski definition) is 8. The van der Waals surface area contributed by atoms with Crippen LogP contribution in [0.1, 0.15) is 5.82 Å². The third-order valence-corrected chi connectivity index (χ3v) is 2.56. The number of aromatic nitrogens is 4. The quantitative estimate of drug-likeness (QED) is 0.421. The predicted octanol–water partition coefficient (Wildman–Crippen LogP) is 1.13. The summed E-state index contributed by atoms with van der Waals surface area (Å²) in [4.78, 5) is 10.2. The fourth-order valence-electron chi connectivity index (χ4n) is 1.55. The molecule has 1 heterocycles. The maximum absolute atomic E-state index is 10.7. The van der Waals surface area contributed by atoms with Crippen molar-refractivity contribution in [1.82, 2.24) is 20.6 Å². The molecular weight excluding hydrogens is 276 g/mol. The zero-order valence-electron chi connectivity index (χ0n) is 10.9. The Bertz CT molecular complexity index is 716. The highest BCUT2D eigenvalue weighted by atomic mass is 16.6. The number of non-ortho nitro benzene ring substituents is 1. The minimum absolute atomic E-state index is 0.0347. The number of anilines is 2. The van der Waals surface area contributed by atoms with E-state index in [2.05, 4.69) is 31.3 Å². The second-order valence-corrected chi connectivity index (χ2v) is 3.79. The lowest BCUT2D eigenvalue weighted by Gasteiger charge is -2.08. The van der Waals surface area contributed by atoms with Gasteiger partial charge >= 0.3 is 0 Å². The van der Waals surface area contributed by atoms with E-state index in [0.29, 0.717) is 11.4 Å². The Labute approximate surface area is 118 Å². The summed E-state index contributed by atoms with van der Waals surface area (Å²) < 4.78 is 0. The number of nitro benzene ring substituents is 1. The van der Waals surface area contributed by atoms with E-state index < -0.39 is 4.92 Å². The van der Waals surface area contributed by atoms with Crippen molar-refractivity contribution in [2.45, 2.75) is 0 Å². The van der Waals surface area contributed by atoms with Gasteiger partial charge in [-0.15, -0.1) is 10.2 Å². The lowest BCUT2D eigenvalue weighted by Crippen LogP contribution is -1.99. The fourth-order valence-corrected chi connectivity index (χ4v) is 1.55. The predicted molar refractivity (Wildman–Crippen MR) is 74.0 cm³/mol. The summed E-state index contributed by atoms with van der Waals surface area (Å²) in [5.74, 6) is 0.151. The monoisotopic (exact) mass is 286 g/mol. The van der Waals surface area contributed by atoms with Crippen molar-refractivity contribution in [3.8, 4) is 6.07 Å². The molecular formula is C11H10N8O2. The van der Waals surface area contributed by atoms with Gasteiger partial charge in [0.1, 0.15) is 11.6 Å². The van der Waals surface area contributed by atoms with Crippen LogP contribution in [0.5, 0.6) is 0 Å². The molecule has 0 aliphatic rings. The Morgan fingerprint density at radius 3 is 2.90 bits per heavy atom. The molecule has 1 aromatic carbocycles. The van der Waals surface area contributed by atoms with Crippen molar-refractivity contribution >= 4 is 22.6 Å². The minimum atomic E-state index is -0.486. The van der Waals surface area contributed by atoms with Crippen LogP contribution in [0.3, 0.4) is 0 Å². The Morgan fingerprint density at radius 1 is 1.52 bits per heavy atom.